The fourth-order valence-electron chi connectivity index (χ4n) is 1.62. The summed E-state index contributed by atoms with van der Waals surface area (Å²) in [4.78, 5) is 17.8. The van der Waals surface area contributed by atoms with Crippen LogP contribution in [-0.4, -0.2) is 17.4 Å². The van der Waals surface area contributed by atoms with Crippen LogP contribution in [0.4, 0.5) is 0 Å². The number of nitrogens with zero attached hydrogens (tertiary/aromatic N) is 1. The number of hydrogen-bond donors (Lipinski definition) is 2. The zero-order valence-corrected chi connectivity index (χ0v) is 12.0. The minimum absolute atomic E-state index is 0.112. The van der Waals surface area contributed by atoms with Crippen LogP contribution >= 0.6 is 11.3 Å². The van der Waals surface area contributed by atoms with E-state index in [2.05, 4.69) is 22.1 Å². The standard InChI is InChI=1S/C15H15N3OS/c1-11-4-2-5-12(18-11)10-17-15(19)14-8-7-13(20-14)6-3-9-16/h2,4-5,7-8H,9-10,16H2,1H3,(H,17,19). The third kappa shape index (κ3) is 3.92. The summed E-state index contributed by atoms with van der Waals surface area (Å²) in [5.74, 6) is 5.57. The van der Waals surface area contributed by atoms with Gasteiger partial charge in [-0.15, -0.1) is 11.3 Å². The van der Waals surface area contributed by atoms with E-state index in [4.69, 9.17) is 5.73 Å². The van der Waals surface area contributed by atoms with E-state index in [-0.39, 0.29) is 5.91 Å². The molecule has 2 heterocycles. The Morgan fingerprint density at radius 1 is 1.40 bits per heavy atom. The van der Waals surface area contributed by atoms with Crippen LogP contribution in [0.3, 0.4) is 0 Å². The van der Waals surface area contributed by atoms with E-state index < -0.39 is 0 Å². The number of rotatable bonds is 3. The number of carbonyl (C=O) groups is 1. The topological polar surface area (TPSA) is 68.0 Å². The number of nitrogens with two attached hydrogens (primary N) is 1. The van der Waals surface area contributed by atoms with Crippen LogP contribution in [0.1, 0.15) is 25.9 Å². The molecule has 1 amide bonds. The van der Waals surface area contributed by atoms with E-state index in [1.165, 1.54) is 11.3 Å². The van der Waals surface area contributed by atoms with Crippen LogP contribution in [0.2, 0.25) is 0 Å². The lowest BCUT2D eigenvalue weighted by Gasteiger charge is -2.03. The molecule has 4 nitrogen and oxygen atoms in total. The number of nitrogens with one attached hydrogen (secondary N) is 1. The molecule has 3 N–H and O–H groups in total. The van der Waals surface area contributed by atoms with E-state index in [9.17, 15) is 4.79 Å². The third-order valence-electron chi connectivity index (χ3n) is 2.52. The van der Waals surface area contributed by atoms with Gasteiger partial charge in [0.05, 0.1) is 28.5 Å². The second-order valence-corrected chi connectivity index (χ2v) is 5.21. The molecule has 20 heavy (non-hydrogen) atoms. The number of amides is 1. The summed E-state index contributed by atoms with van der Waals surface area (Å²) in [5, 5.41) is 2.85. The highest BCUT2D eigenvalue weighted by molar-refractivity contribution is 7.14. The SMILES string of the molecule is Cc1cccc(CNC(=O)c2ccc(C#CCN)s2)n1. The Hall–Kier alpha value is -2.16. The lowest BCUT2D eigenvalue weighted by molar-refractivity contribution is 0.0954. The van der Waals surface area contributed by atoms with Crippen molar-refractivity contribution in [2.75, 3.05) is 6.54 Å². The molecule has 2 aromatic rings. The first kappa shape index (κ1) is 14.3. The summed E-state index contributed by atoms with van der Waals surface area (Å²) in [6.45, 7) is 2.66. The highest BCUT2D eigenvalue weighted by Crippen LogP contribution is 2.15. The molecule has 0 fully saturated rings. The molecule has 0 aliphatic heterocycles. The molecule has 2 aromatic heterocycles. The highest BCUT2D eigenvalue weighted by atomic mass is 32.1. The largest absolute Gasteiger partial charge is 0.346 e. The van der Waals surface area contributed by atoms with Crippen molar-refractivity contribution >= 4 is 17.2 Å². The molecular weight excluding hydrogens is 270 g/mol. The molecule has 0 aliphatic carbocycles. The lowest BCUT2D eigenvalue weighted by Crippen LogP contribution is -2.22. The van der Waals surface area contributed by atoms with Gasteiger partial charge in [0.25, 0.3) is 5.91 Å². The third-order valence-corrected chi connectivity index (χ3v) is 3.52. The predicted octanol–water partition coefficient (Wildman–Crippen LogP) is 1.69. The normalized spacial score (nSPS) is 9.70. The van der Waals surface area contributed by atoms with Crippen molar-refractivity contribution in [2.45, 2.75) is 13.5 Å². The van der Waals surface area contributed by atoms with E-state index >= 15 is 0 Å². The lowest BCUT2D eigenvalue weighted by atomic mass is 10.3. The maximum atomic E-state index is 12.0. The van der Waals surface area contributed by atoms with Crippen molar-refractivity contribution in [3.8, 4) is 11.8 Å². The first-order valence-electron chi connectivity index (χ1n) is 6.18. The molecule has 2 rings (SSSR count). The second kappa shape index (κ2) is 6.85. The molecule has 0 radical (unpaired) electrons. The Bertz CT molecular complexity index is 667. The summed E-state index contributed by atoms with van der Waals surface area (Å²) in [7, 11) is 0. The monoisotopic (exact) mass is 285 g/mol. The average Bonchev–Trinajstić information content (AvgIpc) is 2.91. The second-order valence-electron chi connectivity index (χ2n) is 4.12. The van der Waals surface area contributed by atoms with Gasteiger partial charge in [0.15, 0.2) is 0 Å². The first-order chi connectivity index (χ1) is 9.69. The van der Waals surface area contributed by atoms with Crippen molar-refractivity contribution in [1.82, 2.24) is 10.3 Å². The number of aryl methyl sites for hydroxylation is 1. The minimum Gasteiger partial charge on any atom is -0.346 e. The summed E-state index contributed by atoms with van der Waals surface area (Å²) < 4.78 is 0. The minimum atomic E-state index is -0.112. The number of pyridine rings is 1. The summed E-state index contributed by atoms with van der Waals surface area (Å²) >= 11 is 1.36. The van der Waals surface area contributed by atoms with Crippen molar-refractivity contribution in [1.29, 1.82) is 0 Å². The zero-order chi connectivity index (χ0) is 14.4. The van der Waals surface area contributed by atoms with Gasteiger partial charge in [-0.1, -0.05) is 17.9 Å². The fraction of sp³-hybridized carbons (Fsp3) is 0.200. The van der Waals surface area contributed by atoms with Gasteiger partial charge in [-0.2, -0.15) is 0 Å². The molecule has 0 atom stereocenters. The van der Waals surface area contributed by atoms with Gasteiger partial charge in [0.1, 0.15) is 0 Å². The van der Waals surface area contributed by atoms with Crippen molar-refractivity contribution in [2.24, 2.45) is 5.73 Å². The fourth-order valence-corrected chi connectivity index (χ4v) is 2.42. The Morgan fingerprint density at radius 2 is 2.25 bits per heavy atom. The van der Waals surface area contributed by atoms with E-state index in [1.807, 2.05) is 31.2 Å². The van der Waals surface area contributed by atoms with Gasteiger partial charge in [0.2, 0.25) is 0 Å². The molecule has 5 heteroatoms. The van der Waals surface area contributed by atoms with Gasteiger partial charge >= 0.3 is 0 Å². The van der Waals surface area contributed by atoms with Crippen molar-refractivity contribution in [3.05, 3.63) is 51.5 Å². The van der Waals surface area contributed by atoms with Gasteiger partial charge in [-0.3, -0.25) is 9.78 Å². The molecule has 0 aliphatic rings. The van der Waals surface area contributed by atoms with Gasteiger partial charge in [0, 0.05) is 5.69 Å². The molecule has 102 valence electrons. The highest BCUT2D eigenvalue weighted by Gasteiger charge is 2.08. The van der Waals surface area contributed by atoms with Crippen LogP contribution in [-0.2, 0) is 6.54 Å². The Labute approximate surface area is 122 Å². The predicted molar refractivity (Wildman–Crippen MR) is 80.4 cm³/mol. The van der Waals surface area contributed by atoms with Crippen LogP contribution < -0.4 is 11.1 Å². The molecule has 0 saturated heterocycles. The van der Waals surface area contributed by atoms with Gasteiger partial charge < -0.3 is 11.1 Å². The maximum absolute atomic E-state index is 12.0. The Morgan fingerprint density at radius 3 is 3.00 bits per heavy atom. The zero-order valence-electron chi connectivity index (χ0n) is 11.1. The van der Waals surface area contributed by atoms with Crippen molar-refractivity contribution in [3.63, 3.8) is 0 Å². The summed E-state index contributed by atoms with van der Waals surface area (Å²) in [5.41, 5.74) is 7.09. The number of thiophene rings is 1. The van der Waals surface area contributed by atoms with Crippen LogP contribution in [0.15, 0.2) is 30.3 Å². The van der Waals surface area contributed by atoms with Crippen LogP contribution in [0, 0.1) is 18.8 Å². The Kier molecular flexibility index (Phi) is 4.88. The van der Waals surface area contributed by atoms with Crippen LogP contribution in [0.25, 0.3) is 0 Å². The number of aromatic nitrogens is 1. The van der Waals surface area contributed by atoms with E-state index in [0.717, 1.165) is 16.3 Å². The molecule has 0 aromatic carbocycles. The van der Waals surface area contributed by atoms with Gasteiger partial charge in [-0.25, -0.2) is 0 Å². The van der Waals surface area contributed by atoms with Crippen molar-refractivity contribution < 1.29 is 4.79 Å². The van der Waals surface area contributed by atoms with Crippen LogP contribution in [0.5, 0.6) is 0 Å². The maximum Gasteiger partial charge on any atom is 0.261 e. The van der Waals surface area contributed by atoms with E-state index in [0.29, 0.717) is 18.0 Å². The molecule has 0 saturated carbocycles. The Balaban J connectivity index is 1.96. The quantitative estimate of drug-likeness (QED) is 0.843. The summed E-state index contributed by atoms with van der Waals surface area (Å²) in [6.07, 6.45) is 0. The first-order valence-corrected chi connectivity index (χ1v) is 7.00. The average molecular weight is 285 g/mol. The smallest absolute Gasteiger partial charge is 0.261 e. The number of hydrogen-bond acceptors (Lipinski definition) is 4. The molecule has 0 unspecified atom stereocenters. The molecule has 0 spiro atoms. The van der Waals surface area contributed by atoms with Gasteiger partial charge in [-0.05, 0) is 31.2 Å². The summed E-state index contributed by atoms with van der Waals surface area (Å²) in [6, 6.07) is 9.33. The molecule has 0 bridgehead atoms. The number of carbonyl (C=O) groups excluding carboxylic acids is 1. The molecular formula is C15H15N3OS. The van der Waals surface area contributed by atoms with E-state index in [1.54, 1.807) is 6.07 Å².